The van der Waals surface area contributed by atoms with Crippen LogP contribution in [0.15, 0.2) is 22.7 Å². The molecule has 0 aliphatic carbocycles. The highest BCUT2D eigenvalue weighted by atomic mass is 79.9. The van der Waals surface area contributed by atoms with Gasteiger partial charge in [0.25, 0.3) is 0 Å². The fraction of sp³-hybridized carbons (Fsp3) is 0.455. The standard InChI is InChI=1S/C11H15BrFNO2/c1-15-11(16-2)10(14)5-7-3-4-8(13)6-9(7)12/h3-4,6,10-11H,5,14H2,1-2H3. The van der Waals surface area contributed by atoms with Crippen LogP contribution in [-0.2, 0) is 15.9 Å². The van der Waals surface area contributed by atoms with E-state index in [0.29, 0.717) is 10.9 Å². The summed E-state index contributed by atoms with van der Waals surface area (Å²) in [6, 6.07) is 4.22. The molecule has 0 saturated carbocycles. The van der Waals surface area contributed by atoms with Gasteiger partial charge < -0.3 is 15.2 Å². The van der Waals surface area contributed by atoms with Crippen molar-refractivity contribution in [2.45, 2.75) is 18.8 Å². The summed E-state index contributed by atoms with van der Waals surface area (Å²) in [5, 5.41) is 0. The fourth-order valence-electron chi connectivity index (χ4n) is 1.48. The van der Waals surface area contributed by atoms with Gasteiger partial charge in [-0.25, -0.2) is 4.39 Å². The Morgan fingerprint density at radius 2 is 2.00 bits per heavy atom. The second kappa shape index (κ2) is 6.30. The number of hydrogen-bond acceptors (Lipinski definition) is 3. The first-order valence-electron chi connectivity index (χ1n) is 4.83. The van der Waals surface area contributed by atoms with Crippen LogP contribution in [0.4, 0.5) is 4.39 Å². The molecule has 1 aromatic rings. The Bertz CT molecular complexity index is 345. The average molecular weight is 292 g/mol. The summed E-state index contributed by atoms with van der Waals surface area (Å²) in [6.45, 7) is 0. The SMILES string of the molecule is COC(OC)C(N)Cc1ccc(F)cc1Br. The molecule has 5 heteroatoms. The summed E-state index contributed by atoms with van der Waals surface area (Å²) in [5.74, 6) is -0.278. The molecule has 1 unspecified atom stereocenters. The molecule has 0 bridgehead atoms. The Kier molecular flexibility index (Phi) is 5.34. The quantitative estimate of drug-likeness (QED) is 0.845. The molecule has 0 aromatic heterocycles. The van der Waals surface area contributed by atoms with Crippen molar-refractivity contribution < 1.29 is 13.9 Å². The predicted molar refractivity (Wildman–Crippen MR) is 63.6 cm³/mol. The second-order valence-corrected chi connectivity index (χ2v) is 4.30. The van der Waals surface area contributed by atoms with Crippen LogP contribution in [0.5, 0.6) is 0 Å². The maximum absolute atomic E-state index is 12.9. The van der Waals surface area contributed by atoms with Gasteiger partial charge in [-0.3, -0.25) is 0 Å². The maximum Gasteiger partial charge on any atom is 0.172 e. The molecule has 0 fully saturated rings. The number of benzene rings is 1. The van der Waals surface area contributed by atoms with Crippen LogP contribution in [0.3, 0.4) is 0 Å². The van der Waals surface area contributed by atoms with Crippen molar-refractivity contribution in [1.29, 1.82) is 0 Å². The van der Waals surface area contributed by atoms with Crippen LogP contribution in [0.2, 0.25) is 0 Å². The number of methoxy groups -OCH3 is 2. The number of ether oxygens (including phenoxy) is 2. The highest BCUT2D eigenvalue weighted by Gasteiger charge is 2.17. The molecular formula is C11H15BrFNO2. The number of hydrogen-bond donors (Lipinski definition) is 1. The lowest BCUT2D eigenvalue weighted by Gasteiger charge is -2.21. The van der Waals surface area contributed by atoms with E-state index in [0.717, 1.165) is 5.56 Å². The first-order chi connectivity index (χ1) is 7.58. The van der Waals surface area contributed by atoms with E-state index in [1.807, 2.05) is 0 Å². The van der Waals surface area contributed by atoms with E-state index in [2.05, 4.69) is 15.9 Å². The molecule has 0 amide bonds. The van der Waals surface area contributed by atoms with Gasteiger partial charge in [-0.05, 0) is 24.1 Å². The van der Waals surface area contributed by atoms with Crippen molar-refractivity contribution in [3.63, 3.8) is 0 Å². The summed E-state index contributed by atoms with van der Waals surface area (Å²) in [4.78, 5) is 0. The highest BCUT2D eigenvalue weighted by Crippen LogP contribution is 2.20. The second-order valence-electron chi connectivity index (χ2n) is 3.44. The fourth-order valence-corrected chi connectivity index (χ4v) is 2.00. The van der Waals surface area contributed by atoms with Gasteiger partial charge >= 0.3 is 0 Å². The summed E-state index contributed by atoms with van der Waals surface area (Å²) < 4.78 is 23.7. The van der Waals surface area contributed by atoms with Crippen LogP contribution in [-0.4, -0.2) is 26.6 Å². The molecule has 1 rings (SSSR count). The van der Waals surface area contributed by atoms with Crippen molar-refractivity contribution in [1.82, 2.24) is 0 Å². The lowest BCUT2D eigenvalue weighted by molar-refractivity contribution is -0.115. The van der Waals surface area contributed by atoms with Crippen LogP contribution in [0.25, 0.3) is 0 Å². The molecule has 0 heterocycles. The van der Waals surface area contributed by atoms with Crippen LogP contribution in [0, 0.1) is 5.82 Å². The number of halogens is 2. The summed E-state index contributed by atoms with van der Waals surface area (Å²) in [7, 11) is 3.07. The normalized spacial score (nSPS) is 13.1. The third kappa shape index (κ3) is 3.52. The van der Waals surface area contributed by atoms with E-state index >= 15 is 0 Å². The van der Waals surface area contributed by atoms with E-state index in [1.54, 1.807) is 6.07 Å². The Labute approximate surface area is 103 Å². The van der Waals surface area contributed by atoms with E-state index in [1.165, 1.54) is 26.4 Å². The minimum absolute atomic E-state index is 0.278. The van der Waals surface area contributed by atoms with Gasteiger partial charge in [0, 0.05) is 18.7 Å². The zero-order valence-electron chi connectivity index (χ0n) is 9.24. The van der Waals surface area contributed by atoms with E-state index < -0.39 is 6.29 Å². The van der Waals surface area contributed by atoms with Gasteiger partial charge in [0.05, 0.1) is 6.04 Å². The Balaban J connectivity index is 2.72. The smallest absolute Gasteiger partial charge is 0.172 e. The Morgan fingerprint density at radius 1 is 1.38 bits per heavy atom. The van der Waals surface area contributed by atoms with Crippen LogP contribution >= 0.6 is 15.9 Å². The summed E-state index contributed by atoms with van der Waals surface area (Å²) in [5.41, 5.74) is 6.84. The zero-order valence-corrected chi connectivity index (χ0v) is 10.8. The summed E-state index contributed by atoms with van der Waals surface area (Å²) in [6.07, 6.45) is 0.0877. The van der Waals surface area contributed by atoms with Gasteiger partial charge in [-0.1, -0.05) is 22.0 Å². The molecule has 0 saturated heterocycles. The molecule has 0 spiro atoms. The molecule has 1 atom stereocenters. The molecule has 0 aliphatic heterocycles. The van der Waals surface area contributed by atoms with E-state index in [9.17, 15) is 4.39 Å². The monoisotopic (exact) mass is 291 g/mol. The topological polar surface area (TPSA) is 44.5 Å². The molecule has 90 valence electrons. The van der Waals surface area contributed by atoms with E-state index in [-0.39, 0.29) is 11.9 Å². The van der Waals surface area contributed by atoms with Crippen molar-refractivity contribution in [3.05, 3.63) is 34.1 Å². The molecule has 1 aromatic carbocycles. The molecule has 0 radical (unpaired) electrons. The third-order valence-electron chi connectivity index (χ3n) is 2.28. The lowest BCUT2D eigenvalue weighted by Crippen LogP contribution is -2.39. The predicted octanol–water partition coefficient (Wildman–Crippen LogP) is 2.08. The Hall–Kier alpha value is -0.490. The average Bonchev–Trinajstić information content (AvgIpc) is 2.24. The number of nitrogens with two attached hydrogens (primary N) is 1. The minimum atomic E-state index is -0.461. The molecule has 0 aliphatic rings. The third-order valence-corrected chi connectivity index (χ3v) is 3.02. The van der Waals surface area contributed by atoms with Gasteiger partial charge in [0.1, 0.15) is 5.82 Å². The first-order valence-corrected chi connectivity index (χ1v) is 5.63. The highest BCUT2D eigenvalue weighted by molar-refractivity contribution is 9.10. The van der Waals surface area contributed by atoms with Crippen LogP contribution in [0.1, 0.15) is 5.56 Å². The summed E-state index contributed by atoms with van der Waals surface area (Å²) >= 11 is 3.29. The largest absolute Gasteiger partial charge is 0.354 e. The number of rotatable bonds is 5. The van der Waals surface area contributed by atoms with Crippen LogP contribution < -0.4 is 5.73 Å². The van der Waals surface area contributed by atoms with Crippen molar-refractivity contribution in [3.8, 4) is 0 Å². The molecule has 2 N–H and O–H groups in total. The Morgan fingerprint density at radius 3 is 2.50 bits per heavy atom. The maximum atomic E-state index is 12.9. The van der Waals surface area contributed by atoms with Gasteiger partial charge in [0.2, 0.25) is 0 Å². The van der Waals surface area contributed by atoms with Crippen molar-refractivity contribution >= 4 is 15.9 Å². The first kappa shape index (κ1) is 13.6. The van der Waals surface area contributed by atoms with Crippen molar-refractivity contribution in [2.75, 3.05) is 14.2 Å². The minimum Gasteiger partial charge on any atom is -0.354 e. The van der Waals surface area contributed by atoms with E-state index in [4.69, 9.17) is 15.2 Å². The molecule has 3 nitrogen and oxygen atoms in total. The van der Waals surface area contributed by atoms with Gasteiger partial charge in [0.15, 0.2) is 6.29 Å². The lowest BCUT2D eigenvalue weighted by atomic mass is 10.1. The molecular weight excluding hydrogens is 277 g/mol. The van der Waals surface area contributed by atoms with Crippen molar-refractivity contribution in [2.24, 2.45) is 5.73 Å². The molecule has 16 heavy (non-hydrogen) atoms. The van der Waals surface area contributed by atoms with Gasteiger partial charge in [-0.2, -0.15) is 0 Å². The zero-order chi connectivity index (χ0) is 12.1. The van der Waals surface area contributed by atoms with Gasteiger partial charge in [-0.15, -0.1) is 0 Å².